The Morgan fingerprint density at radius 1 is 1.23 bits per heavy atom. The molecule has 2 aromatic rings. The molecular formula is C27H34F2KN5O3S. The molecule has 2 fully saturated rings. The molecule has 12 heteroatoms. The van der Waals surface area contributed by atoms with E-state index in [4.69, 9.17) is 20.9 Å². The van der Waals surface area contributed by atoms with Gasteiger partial charge in [0, 0.05) is 23.8 Å². The number of pyridine rings is 1. The minimum absolute atomic E-state index is 0. The number of halogens is 2. The molecule has 1 saturated carbocycles. The van der Waals surface area contributed by atoms with Crippen LogP contribution in [0.1, 0.15) is 45.2 Å². The molecule has 2 heterocycles. The summed E-state index contributed by atoms with van der Waals surface area (Å²) in [6.07, 6.45) is 1.28. The van der Waals surface area contributed by atoms with Crippen molar-refractivity contribution in [2.45, 2.75) is 50.4 Å². The number of nitrogens with two attached hydrogens (primary N) is 2. The molecule has 4 rings (SSSR count). The Balaban J connectivity index is 0.00000174. The van der Waals surface area contributed by atoms with Crippen molar-refractivity contribution in [1.82, 2.24) is 4.98 Å². The molecule has 3 atom stereocenters. The van der Waals surface area contributed by atoms with Crippen molar-refractivity contribution < 1.29 is 74.4 Å². The van der Waals surface area contributed by atoms with E-state index in [1.54, 1.807) is 18.2 Å². The van der Waals surface area contributed by atoms with Gasteiger partial charge in [0.1, 0.15) is 16.8 Å². The maximum absolute atomic E-state index is 13.5. The predicted molar refractivity (Wildman–Crippen MR) is 147 cm³/mol. The molecule has 8 nitrogen and oxygen atoms in total. The van der Waals surface area contributed by atoms with Crippen molar-refractivity contribution in [1.29, 1.82) is 0 Å². The maximum atomic E-state index is 13.5. The van der Waals surface area contributed by atoms with E-state index < -0.39 is 23.0 Å². The van der Waals surface area contributed by atoms with Crippen molar-refractivity contribution in [3.8, 4) is 28.7 Å². The van der Waals surface area contributed by atoms with E-state index in [-0.39, 0.29) is 69.0 Å². The van der Waals surface area contributed by atoms with Crippen LogP contribution in [-0.2, 0) is 9.53 Å². The summed E-state index contributed by atoms with van der Waals surface area (Å²) in [6.45, 7) is 4.90. The van der Waals surface area contributed by atoms with E-state index >= 15 is 0 Å². The first-order valence-corrected chi connectivity index (χ1v) is 13.5. The zero-order valence-corrected chi connectivity index (χ0v) is 26.7. The van der Waals surface area contributed by atoms with Gasteiger partial charge < -0.3 is 31.6 Å². The van der Waals surface area contributed by atoms with Gasteiger partial charge in [0.15, 0.2) is 0 Å². The number of thioether (sulfide) groups is 1. The topological polar surface area (TPSA) is 127 Å². The third-order valence-electron chi connectivity index (χ3n) is 5.75. The van der Waals surface area contributed by atoms with Gasteiger partial charge in [-0.25, -0.2) is 8.78 Å². The van der Waals surface area contributed by atoms with E-state index in [1.165, 1.54) is 31.1 Å². The molecule has 1 aromatic heterocycles. The number of hydrogen-bond donors (Lipinski definition) is 3. The molecule has 1 saturated heterocycles. The molecule has 0 spiro atoms. The summed E-state index contributed by atoms with van der Waals surface area (Å²) in [5.41, 5.74) is 12.8. The standard InChI is InChI=1S/C25H29F2N5O3S.C2H6.K/c1-34-21-12-30-20(23(26)27)11-18(21)17-10-16(31-24(33)15-8-9-35-13-15)5-6-19(17)32-25(29)36-22(28)7-4-14-2-3-14;1-2;/h5-6,10-12,14-15,22-23,25H,2-3,8-9,13,28-29H2,1H3,(H2,30,31,32,33);1-2H3;/q;;+1/p-1. The molecule has 1 aliphatic carbocycles. The molecule has 206 valence electrons. The van der Waals surface area contributed by atoms with Crippen molar-refractivity contribution in [2.75, 3.05) is 25.6 Å². The second-order valence-electron chi connectivity index (χ2n) is 8.53. The average molecular weight is 586 g/mol. The van der Waals surface area contributed by atoms with Crippen LogP contribution in [-0.4, -0.2) is 42.1 Å². The van der Waals surface area contributed by atoms with Gasteiger partial charge in [-0.1, -0.05) is 31.8 Å². The third-order valence-corrected chi connectivity index (χ3v) is 6.54. The Labute approximate surface area is 275 Å². The van der Waals surface area contributed by atoms with E-state index in [9.17, 15) is 13.6 Å². The Bertz CT molecular complexity index is 1150. The van der Waals surface area contributed by atoms with E-state index in [2.05, 4.69) is 27.5 Å². The fourth-order valence-electron chi connectivity index (χ4n) is 3.66. The number of benzene rings is 1. The van der Waals surface area contributed by atoms with Gasteiger partial charge in [-0.3, -0.25) is 9.78 Å². The van der Waals surface area contributed by atoms with E-state index in [0.29, 0.717) is 48.1 Å². The Morgan fingerprint density at radius 2 is 1.97 bits per heavy atom. The van der Waals surface area contributed by atoms with Crippen molar-refractivity contribution in [3.05, 3.63) is 41.5 Å². The number of hydrogen-bond acceptors (Lipinski definition) is 7. The number of methoxy groups -OCH3 is 1. The van der Waals surface area contributed by atoms with Crippen LogP contribution in [0.25, 0.3) is 16.4 Å². The number of ether oxygens (including phenoxy) is 2. The third kappa shape index (κ3) is 10.3. The van der Waals surface area contributed by atoms with Crippen molar-refractivity contribution in [3.63, 3.8) is 0 Å². The number of aromatic nitrogens is 1. The summed E-state index contributed by atoms with van der Waals surface area (Å²) >= 11 is 1.19. The maximum Gasteiger partial charge on any atom is 1.00 e. The van der Waals surface area contributed by atoms with Crippen LogP contribution >= 0.6 is 11.8 Å². The quantitative estimate of drug-likeness (QED) is 0.234. The van der Waals surface area contributed by atoms with Gasteiger partial charge >= 0.3 is 51.4 Å². The van der Waals surface area contributed by atoms with Crippen LogP contribution in [0.4, 0.5) is 20.2 Å². The monoisotopic (exact) mass is 585 g/mol. The zero-order valence-electron chi connectivity index (χ0n) is 22.7. The van der Waals surface area contributed by atoms with Gasteiger partial charge in [-0.05, 0) is 48.5 Å². The minimum Gasteiger partial charge on any atom is -0.661 e. The molecule has 3 unspecified atom stereocenters. The molecule has 1 amide bonds. The van der Waals surface area contributed by atoms with E-state index in [1.807, 2.05) is 13.8 Å². The summed E-state index contributed by atoms with van der Waals surface area (Å²) in [5.74, 6) is 6.36. The van der Waals surface area contributed by atoms with Crippen LogP contribution in [0.5, 0.6) is 5.75 Å². The number of rotatable bonds is 9. The van der Waals surface area contributed by atoms with Gasteiger partial charge in [-0.15, -0.1) is 17.4 Å². The first-order chi connectivity index (χ1) is 18.3. The number of anilines is 1. The number of carbonyl (C=O) groups is 1. The summed E-state index contributed by atoms with van der Waals surface area (Å²) < 4.78 is 37.6. The second kappa shape index (κ2) is 16.9. The normalized spacial score (nSPS) is 17.5. The Morgan fingerprint density at radius 3 is 2.59 bits per heavy atom. The second-order valence-corrected chi connectivity index (χ2v) is 9.79. The average Bonchev–Trinajstić information content (AvgIpc) is 3.58. The number of nitrogens with zero attached hydrogens (tertiary/aromatic N) is 2. The predicted octanol–water partition coefficient (Wildman–Crippen LogP) is 2.38. The fourth-order valence-corrected chi connectivity index (χ4v) is 4.27. The Kier molecular flexibility index (Phi) is 14.7. The van der Waals surface area contributed by atoms with Crippen molar-refractivity contribution >= 4 is 29.0 Å². The van der Waals surface area contributed by atoms with Crippen LogP contribution in [0, 0.1) is 23.7 Å². The van der Waals surface area contributed by atoms with Crippen LogP contribution in [0.3, 0.4) is 0 Å². The molecule has 39 heavy (non-hydrogen) atoms. The number of amides is 1. The summed E-state index contributed by atoms with van der Waals surface area (Å²) in [5, 5.41) is 6.92. The molecule has 5 N–H and O–H groups in total. The van der Waals surface area contributed by atoms with Gasteiger partial charge in [0.25, 0.3) is 6.43 Å². The molecule has 2 aliphatic rings. The smallest absolute Gasteiger partial charge is 0.661 e. The molecule has 0 radical (unpaired) electrons. The van der Waals surface area contributed by atoms with Gasteiger partial charge in [0.2, 0.25) is 5.91 Å². The number of carbonyl (C=O) groups excluding carboxylic acids is 1. The summed E-state index contributed by atoms with van der Waals surface area (Å²) in [4.78, 5) is 16.4. The minimum atomic E-state index is -2.78. The largest absolute Gasteiger partial charge is 1.00 e. The first-order valence-electron chi connectivity index (χ1n) is 12.6. The SMILES string of the molecule is CC.COc1cnc(C(F)F)cc1-c1cc(NC(=O)C2CCOC2)ccc1[N-]C(N)SC(N)C#CC1CC1.[K+]. The van der Waals surface area contributed by atoms with Gasteiger partial charge in [-0.2, -0.15) is 0 Å². The van der Waals surface area contributed by atoms with Gasteiger partial charge in [0.05, 0.1) is 25.8 Å². The van der Waals surface area contributed by atoms with Crippen molar-refractivity contribution in [2.24, 2.45) is 23.3 Å². The molecule has 1 aromatic carbocycles. The molecular weight excluding hydrogens is 551 g/mol. The number of alkyl halides is 2. The summed E-state index contributed by atoms with van der Waals surface area (Å²) in [6, 6.07) is 6.26. The zero-order chi connectivity index (χ0) is 27.7. The first kappa shape index (κ1) is 33.9. The van der Waals surface area contributed by atoms with Crippen LogP contribution < -0.4 is 72.9 Å². The van der Waals surface area contributed by atoms with Crippen LogP contribution in [0.15, 0.2) is 30.5 Å². The molecule has 0 bridgehead atoms. The fraction of sp³-hybridized carbons (Fsp3) is 0.481. The Hall–Kier alpha value is -1.27. The molecule has 1 aliphatic heterocycles. The van der Waals surface area contributed by atoms with E-state index in [0.717, 1.165) is 12.8 Å². The number of nitrogens with one attached hydrogen (secondary N) is 1. The summed E-state index contributed by atoms with van der Waals surface area (Å²) in [7, 11) is 1.42. The van der Waals surface area contributed by atoms with Crippen LogP contribution in [0.2, 0.25) is 0 Å².